The number of hydrogen-bond acceptors (Lipinski definition) is 6. The summed E-state index contributed by atoms with van der Waals surface area (Å²) < 4.78 is 35.2. The first-order valence-electron chi connectivity index (χ1n) is 8.43. The van der Waals surface area contributed by atoms with Crippen molar-refractivity contribution >= 4 is 17.2 Å². The van der Waals surface area contributed by atoms with E-state index in [0.717, 1.165) is 43.0 Å². The van der Waals surface area contributed by atoms with Crippen molar-refractivity contribution in [2.24, 2.45) is 7.05 Å². The molecule has 0 bridgehead atoms. The smallest absolute Gasteiger partial charge is 0.430 e. The lowest BCUT2D eigenvalue weighted by molar-refractivity contribution is -0.655. The first kappa shape index (κ1) is 19.6. The zero-order chi connectivity index (χ0) is 20.3. The minimum Gasteiger partial charge on any atom is -0.542 e. The van der Waals surface area contributed by atoms with Gasteiger partial charge in [0.2, 0.25) is 0 Å². The number of anilines is 1. The number of carbonyl (C=O) groups excluding carboxylic acids is 1. The molecule has 1 saturated heterocycles. The predicted molar refractivity (Wildman–Crippen MR) is 90.1 cm³/mol. The number of halogens is 3. The molecule has 0 aliphatic carbocycles. The fourth-order valence-corrected chi connectivity index (χ4v) is 2.81. The van der Waals surface area contributed by atoms with Gasteiger partial charge in [0.1, 0.15) is 11.5 Å². The average molecular weight is 397 g/mol. The topological polar surface area (TPSA) is 108 Å². The molecule has 0 unspecified atom stereocenters. The van der Waals surface area contributed by atoms with E-state index in [-0.39, 0.29) is 0 Å². The van der Waals surface area contributed by atoms with Gasteiger partial charge in [-0.3, -0.25) is 9.67 Å². The minimum absolute atomic E-state index is 0.886. The van der Waals surface area contributed by atoms with Crippen LogP contribution in [0.5, 0.6) is 0 Å². The van der Waals surface area contributed by atoms with E-state index in [2.05, 4.69) is 25.4 Å². The van der Waals surface area contributed by atoms with E-state index in [1.807, 2.05) is 42.5 Å². The Labute approximate surface area is 157 Å². The predicted octanol–water partition coefficient (Wildman–Crippen LogP) is -1.19. The van der Waals surface area contributed by atoms with E-state index in [1.54, 1.807) is 4.68 Å². The van der Waals surface area contributed by atoms with Crippen LogP contribution in [0.25, 0.3) is 16.8 Å². The zero-order valence-electron chi connectivity index (χ0n) is 14.9. The monoisotopic (exact) mass is 397 g/mol. The molecule has 0 atom stereocenters. The Morgan fingerprint density at radius 2 is 1.82 bits per heavy atom. The second kappa shape index (κ2) is 7.84. The number of rotatable bonds is 2. The number of hydrogen-bond donors (Lipinski definition) is 1. The number of nitrogens with zero attached hydrogens (tertiary/aromatic N) is 6. The van der Waals surface area contributed by atoms with Crippen molar-refractivity contribution in [3.05, 3.63) is 31.0 Å². The normalized spacial score (nSPS) is 14.6. The van der Waals surface area contributed by atoms with Gasteiger partial charge in [0, 0.05) is 18.8 Å². The van der Waals surface area contributed by atoms with Gasteiger partial charge in [-0.15, -0.1) is 0 Å². The number of carbonyl (C=O) groups is 1. The minimum atomic E-state index is -5.19. The molecule has 1 fully saturated rings. The number of fused-ring (bicyclic) bond motifs is 1. The Balaban J connectivity index is 0.000000279. The number of piperazine rings is 1. The summed E-state index contributed by atoms with van der Waals surface area (Å²) in [7, 11) is 1.90. The average Bonchev–Trinajstić information content (AvgIpc) is 3.28. The van der Waals surface area contributed by atoms with Gasteiger partial charge in [0.15, 0.2) is 0 Å². The van der Waals surface area contributed by atoms with Crippen LogP contribution in [0.15, 0.2) is 31.0 Å². The highest BCUT2D eigenvalue weighted by Crippen LogP contribution is 2.23. The lowest BCUT2D eigenvalue weighted by Gasteiger charge is -2.26. The molecule has 0 aromatic carbocycles. The maximum Gasteiger partial charge on any atom is 0.430 e. The molecular weight excluding hydrogens is 379 g/mol. The molecule has 28 heavy (non-hydrogen) atoms. The summed E-state index contributed by atoms with van der Waals surface area (Å²) in [5.74, 6) is -3.01. The van der Waals surface area contributed by atoms with Crippen LogP contribution in [0.4, 0.5) is 18.9 Å². The van der Waals surface area contributed by atoms with Gasteiger partial charge in [0.25, 0.3) is 0 Å². The number of alkyl halides is 3. The van der Waals surface area contributed by atoms with Crippen LogP contribution in [0.3, 0.4) is 0 Å². The Hall–Kier alpha value is -3.15. The van der Waals surface area contributed by atoms with Crippen molar-refractivity contribution < 1.29 is 28.4 Å². The van der Waals surface area contributed by atoms with Crippen molar-refractivity contribution in [3.63, 3.8) is 0 Å². The molecule has 0 amide bonds. The molecule has 4 heterocycles. The van der Waals surface area contributed by atoms with E-state index in [4.69, 9.17) is 9.90 Å². The summed E-state index contributed by atoms with van der Waals surface area (Å²) in [5, 5.41) is 19.8. The summed E-state index contributed by atoms with van der Waals surface area (Å²) in [6, 6.07) is 0. The van der Waals surface area contributed by atoms with Crippen molar-refractivity contribution in [1.82, 2.24) is 24.4 Å². The summed E-state index contributed by atoms with van der Waals surface area (Å²) >= 11 is 0. The molecule has 3 aromatic rings. The Bertz CT molecular complexity index is 961. The summed E-state index contributed by atoms with van der Waals surface area (Å²) in [6.45, 7) is 4.40. The van der Waals surface area contributed by atoms with Gasteiger partial charge in [-0.05, 0) is 0 Å². The fourth-order valence-electron chi connectivity index (χ4n) is 2.81. The van der Waals surface area contributed by atoms with Crippen LogP contribution in [0.1, 0.15) is 0 Å². The van der Waals surface area contributed by atoms with E-state index in [9.17, 15) is 13.2 Å². The second-order valence-electron chi connectivity index (χ2n) is 6.17. The largest absolute Gasteiger partial charge is 0.542 e. The molecule has 2 N–H and O–H groups in total. The van der Waals surface area contributed by atoms with Crippen LogP contribution >= 0.6 is 0 Å². The molecule has 3 aromatic heterocycles. The van der Waals surface area contributed by atoms with E-state index >= 15 is 0 Å². The number of carboxylic acids is 1. The molecule has 4 rings (SSSR count). The third kappa shape index (κ3) is 4.39. The number of nitrogens with two attached hydrogens (primary N) is 1. The highest BCUT2D eigenvalue weighted by molar-refractivity contribution is 5.73. The molecule has 1 aliphatic heterocycles. The van der Waals surface area contributed by atoms with Crippen LogP contribution in [0.2, 0.25) is 0 Å². The Morgan fingerprint density at radius 1 is 1.14 bits per heavy atom. The van der Waals surface area contributed by atoms with Crippen molar-refractivity contribution in [3.8, 4) is 11.3 Å². The van der Waals surface area contributed by atoms with E-state index in [0.29, 0.717) is 0 Å². The molecule has 150 valence electrons. The second-order valence-corrected chi connectivity index (χ2v) is 6.17. The van der Waals surface area contributed by atoms with Gasteiger partial charge in [-0.25, -0.2) is 4.52 Å². The van der Waals surface area contributed by atoms with Gasteiger partial charge in [-0.2, -0.15) is 23.4 Å². The van der Waals surface area contributed by atoms with Crippen LogP contribution in [0, 0.1) is 0 Å². The highest BCUT2D eigenvalue weighted by Gasteiger charge is 2.28. The third-order valence-electron chi connectivity index (χ3n) is 4.16. The van der Waals surface area contributed by atoms with Crippen LogP contribution in [-0.4, -0.2) is 62.7 Å². The van der Waals surface area contributed by atoms with Crippen LogP contribution in [-0.2, 0) is 11.8 Å². The quantitative estimate of drug-likeness (QED) is 0.583. The molecule has 12 heteroatoms. The maximum atomic E-state index is 10.5. The highest BCUT2D eigenvalue weighted by atomic mass is 19.4. The number of aryl methyl sites for hydroxylation is 1. The van der Waals surface area contributed by atoms with Crippen molar-refractivity contribution in [2.45, 2.75) is 6.18 Å². The molecule has 1 aliphatic rings. The van der Waals surface area contributed by atoms with Crippen molar-refractivity contribution in [1.29, 1.82) is 0 Å². The summed E-state index contributed by atoms with van der Waals surface area (Å²) in [6.07, 6.45) is 4.39. The molecule has 9 nitrogen and oxygen atoms in total. The summed E-state index contributed by atoms with van der Waals surface area (Å²) in [4.78, 5) is 15.7. The molecule has 0 radical (unpaired) electrons. The van der Waals surface area contributed by atoms with E-state index in [1.165, 1.54) is 5.69 Å². The van der Waals surface area contributed by atoms with Crippen LogP contribution < -0.4 is 15.3 Å². The maximum absolute atomic E-state index is 10.5. The van der Waals surface area contributed by atoms with Gasteiger partial charge in [-0.1, -0.05) is 0 Å². The molecule has 0 saturated carbocycles. The number of quaternary nitrogens is 1. The van der Waals surface area contributed by atoms with Crippen molar-refractivity contribution in [2.75, 3.05) is 31.1 Å². The first-order chi connectivity index (χ1) is 13.3. The lowest BCUT2D eigenvalue weighted by atomic mass is 10.2. The SMILES string of the molecule is Cn1cc(-c2cn3ncc(N4CC[NH2+]CC4)c3cn2)cn1.O=C([O-])C(F)(F)F. The number of aliphatic carboxylic acids is 1. The Kier molecular flexibility index (Phi) is 5.49. The zero-order valence-corrected chi connectivity index (χ0v) is 14.9. The van der Waals surface area contributed by atoms with E-state index < -0.39 is 12.1 Å². The number of aromatic nitrogens is 5. The lowest BCUT2D eigenvalue weighted by Crippen LogP contribution is -2.89. The third-order valence-corrected chi connectivity index (χ3v) is 4.16. The standard InChI is InChI=1S/C14H17N7.C2HF3O2/c1-19-9-11(6-17-19)12-10-21-14(7-16-12)13(8-18-21)20-4-2-15-3-5-20;3-2(4,5)1(6)7/h6-10,15H,2-5H2,1H3;(H,6,7). The van der Waals surface area contributed by atoms with Gasteiger partial charge >= 0.3 is 6.18 Å². The van der Waals surface area contributed by atoms with Gasteiger partial charge in [0.05, 0.1) is 62.3 Å². The molecular formula is C16H18F3N7O2. The summed E-state index contributed by atoms with van der Waals surface area (Å²) in [5.41, 5.74) is 4.12. The van der Waals surface area contributed by atoms with Gasteiger partial charge < -0.3 is 20.1 Å². The Morgan fingerprint density at radius 3 is 2.39 bits per heavy atom. The first-order valence-corrected chi connectivity index (χ1v) is 8.43. The molecule has 0 spiro atoms. The number of carboxylic acid groups (broad SMARTS) is 1. The fraction of sp³-hybridized carbons (Fsp3) is 0.375.